The SMILES string of the molecule is CCCCCCCC[C@@H]1CC[C@@H]2[C@H]3CC=C4C[C@@H](SC(=O)Oc5ccccc5)CC[C@]4(C)[C@@H]3CC[C@]12C. The number of hydrogen-bond donors (Lipinski definition) is 0. The second-order valence-electron chi connectivity index (χ2n) is 13.3. The molecule has 0 radical (unpaired) electrons. The highest BCUT2D eigenvalue weighted by Crippen LogP contribution is 2.67. The second-order valence-corrected chi connectivity index (χ2v) is 14.5. The number of unbranched alkanes of at least 4 members (excludes halogenated alkanes) is 5. The van der Waals surface area contributed by atoms with Crippen LogP contribution in [0.4, 0.5) is 4.79 Å². The predicted octanol–water partition coefficient (Wildman–Crippen LogP) is 10.6. The van der Waals surface area contributed by atoms with Crippen LogP contribution in [0.1, 0.15) is 117 Å². The maximum absolute atomic E-state index is 12.6. The van der Waals surface area contributed by atoms with E-state index in [2.05, 4.69) is 26.8 Å². The Hall–Kier alpha value is -1.22. The molecular weight excluding hydrogens is 472 g/mol. The lowest BCUT2D eigenvalue weighted by Crippen LogP contribution is -2.50. The Kier molecular flexibility index (Phi) is 8.79. The minimum absolute atomic E-state index is 0.148. The van der Waals surface area contributed by atoms with Gasteiger partial charge in [-0.15, -0.1) is 0 Å². The maximum Gasteiger partial charge on any atom is 0.372 e. The molecule has 0 amide bonds. The molecule has 3 fully saturated rings. The number of allylic oxidation sites excluding steroid dienone is 2. The van der Waals surface area contributed by atoms with Crippen LogP contribution in [-0.4, -0.2) is 10.6 Å². The molecule has 0 aliphatic heterocycles. The van der Waals surface area contributed by atoms with Crippen molar-refractivity contribution in [2.75, 3.05) is 0 Å². The van der Waals surface area contributed by atoms with E-state index < -0.39 is 0 Å². The van der Waals surface area contributed by atoms with Crippen LogP contribution in [0.3, 0.4) is 0 Å². The number of carbonyl (C=O) groups excluding carboxylic acids is 1. The molecule has 0 bridgehead atoms. The van der Waals surface area contributed by atoms with Crippen molar-refractivity contribution >= 4 is 17.1 Å². The van der Waals surface area contributed by atoms with Gasteiger partial charge in [0.25, 0.3) is 0 Å². The summed E-state index contributed by atoms with van der Waals surface area (Å²) in [6.45, 7) is 7.59. The molecule has 0 spiro atoms. The zero-order valence-electron chi connectivity index (χ0n) is 23.7. The van der Waals surface area contributed by atoms with Gasteiger partial charge in [0.1, 0.15) is 5.75 Å². The molecule has 0 saturated heterocycles. The lowest BCUT2D eigenvalue weighted by molar-refractivity contribution is -0.0421. The van der Waals surface area contributed by atoms with Gasteiger partial charge in [-0.05, 0) is 116 Å². The Morgan fingerprint density at radius 1 is 0.946 bits per heavy atom. The van der Waals surface area contributed by atoms with E-state index in [4.69, 9.17) is 4.74 Å². The van der Waals surface area contributed by atoms with E-state index in [0.717, 1.165) is 36.5 Å². The summed E-state index contributed by atoms with van der Waals surface area (Å²) in [4.78, 5) is 12.6. The van der Waals surface area contributed by atoms with Crippen LogP contribution in [0.15, 0.2) is 42.0 Å². The highest BCUT2D eigenvalue weighted by Gasteiger charge is 2.58. The van der Waals surface area contributed by atoms with Crippen molar-refractivity contribution in [1.29, 1.82) is 0 Å². The molecule has 3 saturated carbocycles. The zero-order valence-corrected chi connectivity index (χ0v) is 24.5. The first-order valence-electron chi connectivity index (χ1n) is 15.6. The summed E-state index contributed by atoms with van der Waals surface area (Å²) in [6.07, 6.45) is 23.2. The van der Waals surface area contributed by atoms with E-state index >= 15 is 0 Å². The van der Waals surface area contributed by atoms with E-state index in [1.54, 1.807) is 5.57 Å². The van der Waals surface area contributed by atoms with Crippen LogP contribution >= 0.6 is 11.8 Å². The smallest absolute Gasteiger partial charge is 0.372 e. The molecule has 204 valence electrons. The number of carbonyl (C=O) groups is 1. The van der Waals surface area contributed by atoms with Crippen LogP contribution in [0.2, 0.25) is 0 Å². The Bertz CT molecular complexity index is 940. The van der Waals surface area contributed by atoms with E-state index in [-0.39, 0.29) is 5.30 Å². The van der Waals surface area contributed by atoms with E-state index in [9.17, 15) is 4.79 Å². The van der Waals surface area contributed by atoms with Crippen LogP contribution in [0, 0.1) is 34.5 Å². The predicted molar refractivity (Wildman–Crippen MR) is 157 cm³/mol. The molecule has 1 aromatic carbocycles. The van der Waals surface area contributed by atoms with Crippen LogP contribution < -0.4 is 4.74 Å². The molecule has 4 aliphatic rings. The molecule has 1 aromatic rings. The highest BCUT2D eigenvalue weighted by atomic mass is 32.2. The van der Waals surface area contributed by atoms with Gasteiger partial charge in [0.15, 0.2) is 0 Å². The molecule has 3 heteroatoms. The van der Waals surface area contributed by atoms with Gasteiger partial charge in [-0.2, -0.15) is 0 Å². The molecule has 4 aliphatic carbocycles. The van der Waals surface area contributed by atoms with Crippen LogP contribution in [0.25, 0.3) is 0 Å². The number of rotatable bonds is 9. The third-order valence-corrected chi connectivity index (χ3v) is 12.4. The molecule has 2 nitrogen and oxygen atoms in total. The summed E-state index contributed by atoms with van der Waals surface area (Å²) in [6, 6.07) is 9.50. The summed E-state index contributed by atoms with van der Waals surface area (Å²) in [7, 11) is 0. The van der Waals surface area contributed by atoms with Gasteiger partial charge in [-0.1, -0.05) is 89.1 Å². The minimum Gasteiger partial charge on any atom is -0.418 e. The molecule has 0 aromatic heterocycles. The van der Waals surface area contributed by atoms with E-state index in [1.165, 1.54) is 95.2 Å². The van der Waals surface area contributed by atoms with Gasteiger partial charge < -0.3 is 4.74 Å². The Balaban J connectivity index is 1.18. The molecule has 37 heavy (non-hydrogen) atoms. The molecule has 5 rings (SSSR count). The third-order valence-electron chi connectivity index (χ3n) is 11.4. The first-order chi connectivity index (χ1) is 17.9. The van der Waals surface area contributed by atoms with Crippen molar-refractivity contribution in [1.82, 2.24) is 0 Å². The zero-order chi connectivity index (χ0) is 25.9. The van der Waals surface area contributed by atoms with E-state index in [1.807, 2.05) is 30.3 Å². The summed E-state index contributed by atoms with van der Waals surface area (Å²) in [5.41, 5.74) is 2.60. The summed E-state index contributed by atoms with van der Waals surface area (Å²) < 4.78 is 5.59. The summed E-state index contributed by atoms with van der Waals surface area (Å²) in [5, 5.41) is 0.207. The fourth-order valence-corrected chi connectivity index (χ4v) is 10.1. The van der Waals surface area contributed by atoms with Crippen molar-refractivity contribution < 1.29 is 9.53 Å². The standard InChI is InChI=1S/C34H50O2S/c1-4-5-6-7-8-10-13-25-17-19-30-29-18-16-26-24-28(37-32(35)36-27-14-11-9-12-15-27)20-22-34(26,3)31(29)21-23-33(25,30)2/h9,11-12,14-16,25,28-31H,4-8,10,13,17-24H2,1-3H3/t25-,28+,29-,30-,31-,33-,34+/m1/s1. The van der Waals surface area contributed by atoms with Crippen LogP contribution in [0.5, 0.6) is 5.75 Å². The number of fused-ring (bicyclic) bond motifs is 5. The van der Waals surface area contributed by atoms with Gasteiger partial charge in [-0.25, -0.2) is 4.79 Å². The second kappa shape index (κ2) is 11.9. The number of thioether (sulfide) groups is 1. The van der Waals surface area contributed by atoms with Gasteiger partial charge >= 0.3 is 5.30 Å². The van der Waals surface area contributed by atoms with Crippen molar-refractivity contribution in [3.8, 4) is 5.75 Å². The summed E-state index contributed by atoms with van der Waals surface area (Å²) in [5.74, 6) is 4.27. The number of hydrogen-bond acceptors (Lipinski definition) is 3. The molecular formula is C34H50O2S. The Labute approximate surface area is 230 Å². The average Bonchev–Trinajstić information content (AvgIpc) is 3.23. The van der Waals surface area contributed by atoms with Gasteiger partial charge in [0.05, 0.1) is 0 Å². The van der Waals surface area contributed by atoms with Gasteiger partial charge in [-0.3, -0.25) is 0 Å². The number of para-hydroxylation sites is 1. The first-order valence-corrected chi connectivity index (χ1v) is 16.4. The lowest BCUT2D eigenvalue weighted by Gasteiger charge is -2.58. The monoisotopic (exact) mass is 522 g/mol. The fourth-order valence-electron chi connectivity index (χ4n) is 9.23. The maximum atomic E-state index is 12.6. The minimum atomic E-state index is -0.148. The van der Waals surface area contributed by atoms with Crippen LogP contribution in [-0.2, 0) is 0 Å². The largest absolute Gasteiger partial charge is 0.418 e. The highest BCUT2D eigenvalue weighted by molar-refractivity contribution is 8.13. The van der Waals surface area contributed by atoms with Crippen molar-refractivity contribution in [2.24, 2.45) is 34.5 Å². The normalized spacial score (nSPS) is 36.7. The molecule has 0 heterocycles. The van der Waals surface area contributed by atoms with Gasteiger partial charge in [0, 0.05) is 5.25 Å². The average molecular weight is 523 g/mol. The third kappa shape index (κ3) is 5.73. The first kappa shape index (κ1) is 27.4. The van der Waals surface area contributed by atoms with Gasteiger partial charge in [0.2, 0.25) is 0 Å². The number of ether oxygens (including phenoxy) is 1. The lowest BCUT2D eigenvalue weighted by atomic mass is 9.47. The number of benzene rings is 1. The Morgan fingerprint density at radius 3 is 2.54 bits per heavy atom. The van der Waals surface area contributed by atoms with Crippen molar-refractivity contribution in [3.63, 3.8) is 0 Å². The Morgan fingerprint density at radius 2 is 1.73 bits per heavy atom. The fraction of sp³-hybridized carbons (Fsp3) is 0.735. The topological polar surface area (TPSA) is 26.3 Å². The van der Waals surface area contributed by atoms with E-state index in [0.29, 0.717) is 21.8 Å². The van der Waals surface area contributed by atoms with Crippen molar-refractivity contribution in [2.45, 2.75) is 122 Å². The van der Waals surface area contributed by atoms with Crippen molar-refractivity contribution in [3.05, 3.63) is 42.0 Å². The molecule has 0 unspecified atom stereocenters. The quantitative estimate of drug-likeness (QED) is 0.183. The molecule has 0 N–H and O–H groups in total. The molecule has 7 atom stereocenters. The summed E-state index contributed by atoms with van der Waals surface area (Å²) >= 11 is 1.43.